The zero-order valence-electron chi connectivity index (χ0n) is 11.7. The summed E-state index contributed by atoms with van der Waals surface area (Å²) in [5.74, 6) is 0.979. The average molecular weight is 262 g/mol. The van der Waals surface area contributed by atoms with E-state index in [-0.39, 0.29) is 17.9 Å². The number of carbonyl (C=O) groups excluding carboxylic acids is 1. The number of nitrogens with one attached hydrogen (secondary N) is 1. The molecule has 0 aliphatic heterocycles. The highest BCUT2D eigenvalue weighted by atomic mass is 16.5. The fourth-order valence-electron chi connectivity index (χ4n) is 2.40. The Labute approximate surface area is 114 Å². The van der Waals surface area contributed by atoms with E-state index in [4.69, 9.17) is 4.74 Å². The molecular weight excluding hydrogens is 240 g/mol. The Bertz CT molecular complexity index is 426. The lowest BCUT2D eigenvalue weighted by Gasteiger charge is -2.14. The summed E-state index contributed by atoms with van der Waals surface area (Å²) in [5.41, 5.74) is 0.933. The van der Waals surface area contributed by atoms with Crippen molar-refractivity contribution in [2.45, 2.75) is 52.2 Å². The molecule has 0 unspecified atom stereocenters. The number of rotatable bonds is 5. The van der Waals surface area contributed by atoms with E-state index in [1.54, 1.807) is 6.20 Å². The lowest BCUT2D eigenvalue weighted by molar-refractivity contribution is -0.124. The van der Waals surface area contributed by atoms with E-state index in [1.807, 2.05) is 26.0 Å². The predicted octanol–water partition coefficient (Wildman–Crippen LogP) is 2.68. The second-order valence-corrected chi connectivity index (χ2v) is 5.33. The fourth-order valence-corrected chi connectivity index (χ4v) is 2.40. The number of hydrogen-bond acceptors (Lipinski definition) is 3. The summed E-state index contributed by atoms with van der Waals surface area (Å²) in [4.78, 5) is 16.2. The van der Waals surface area contributed by atoms with Crippen molar-refractivity contribution in [1.82, 2.24) is 10.3 Å². The summed E-state index contributed by atoms with van der Waals surface area (Å²) in [6.07, 6.45) is 6.18. The lowest BCUT2D eigenvalue weighted by atomic mass is 10.1. The van der Waals surface area contributed by atoms with Gasteiger partial charge in [0.15, 0.2) is 0 Å². The van der Waals surface area contributed by atoms with Crippen molar-refractivity contribution in [3.63, 3.8) is 0 Å². The summed E-state index contributed by atoms with van der Waals surface area (Å²) >= 11 is 0. The smallest absolute Gasteiger partial charge is 0.223 e. The zero-order chi connectivity index (χ0) is 13.7. The fraction of sp³-hybridized carbons (Fsp3) is 0.600. The maximum absolute atomic E-state index is 12.0. The Morgan fingerprint density at radius 3 is 2.89 bits per heavy atom. The third-order valence-corrected chi connectivity index (χ3v) is 3.38. The van der Waals surface area contributed by atoms with Gasteiger partial charge in [0.1, 0.15) is 0 Å². The molecule has 1 N–H and O–H groups in total. The van der Waals surface area contributed by atoms with E-state index in [2.05, 4.69) is 10.3 Å². The van der Waals surface area contributed by atoms with Crippen molar-refractivity contribution in [1.29, 1.82) is 0 Å². The molecule has 1 amide bonds. The highest BCUT2D eigenvalue weighted by Crippen LogP contribution is 2.25. The Hall–Kier alpha value is -1.58. The van der Waals surface area contributed by atoms with E-state index >= 15 is 0 Å². The van der Waals surface area contributed by atoms with E-state index in [0.717, 1.165) is 18.4 Å². The van der Waals surface area contributed by atoms with Crippen LogP contribution in [0, 0.1) is 5.92 Å². The van der Waals surface area contributed by atoms with E-state index < -0.39 is 0 Å². The quantitative estimate of drug-likeness (QED) is 0.887. The van der Waals surface area contributed by atoms with Crippen LogP contribution in [0.4, 0.5) is 0 Å². The maximum atomic E-state index is 12.0. The third-order valence-electron chi connectivity index (χ3n) is 3.38. The number of nitrogens with zero attached hydrogens (tertiary/aromatic N) is 1. The molecule has 1 saturated carbocycles. The normalized spacial score (nSPS) is 15.7. The molecule has 104 valence electrons. The highest BCUT2D eigenvalue weighted by molar-refractivity contribution is 5.78. The summed E-state index contributed by atoms with van der Waals surface area (Å²) < 4.78 is 5.64. The maximum Gasteiger partial charge on any atom is 0.223 e. The van der Waals surface area contributed by atoms with Crippen LogP contribution in [0.3, 0.4) is 0 Å². The first-order chi connectivity index (χ1) is 9.16. The molecule has 0 bridgehead atoms. The number of aromatic nitrogens is 1. The van der Waals surface area contributed by atoms with Crippen molar-refractivity contribution >= 4 is 5.91 Å². The molecule has 1 aliphatic carbocycles. The van der Waals surface area contributed by atoms with Crippen LogP contribution >= 0.6 is 0 Å². The summed E-state index contributed by atoms with van der Waals surface area (Å²) in [7, 11) is 0. The van der Waals surface area contributed by atoms with Gasteiger partial charge in [0.2, 0.25) is 11.8 Å². The van der Waals surface area contributed by atoms with Crippen molar-refractivity contribution in [3.05, 3.63) is 23.9 Å². The standard InChI is InChI=1S/C15H22N2O2/c1-11(2)19-15-13(8-5-9-16-15)10-17-14(18)12-6-3-4-7-12/h5,8-9,11-12H,3-4,6-7,10H2,1-2H3,(H,17,18). The molecule has 1 heterocycles. The summed E-state index contributed by atoms with van der Waals surface area (Å²) in [5, 5.41) is 3.00. The molecule has 1 aromatic heterocycles. The van der Waals surface area contributed by atoms with E-state index in [0.29, 0.717) is 12.4 Å². The molecule has 0 radical (unpaired) electrons. The number of hydrogen-bond donors (Lipinski definition) is 1. The van der Waals surface area contributed by atoms with Gasteiger partial charge in [0, 0.05) is 24.2 Å². The van der Waals surface area contributed by atoms with Gasteiger partial charge in [-0.1, -0.05) is 18.9 Å². The largest absolute Gasteiger partial charge is 0.475 e. The minimum atomic E-state index is 0.0826. The Morgan fingerprint density at radius 2 is 2.21 bits per heavy atom. The molecule has 2 rings (SSSR count). The van der Waals surface area contributed by atoms with Gasteiger partial charge in [0.25, 0.3) is 0 Å². The Balaban J connectivity index is 1.93. The number of amides is 1. The van der Waals surface area contributed by atoms with Gasteiger partial charge in [-0.2, -0.15) is 0 Å². The molecule has 0 spiro atoms. The van der Waals surface area contributed by atoms with Gasteiger partial charge in [-0.15, -0.1) is 0 Å². The first kappa shape index (κ1) is 13.8. The molecule has 19 heavy (non-hydrogen) atoms. The van der Waals surface area contributed by atoms with Gasteiger partial charge in [-0.05, 0) is 32.8 Å². The van der Waals surface area contributed by atoms with Crippen molar-refractivity contribution < 1.29 is 9.53 Å². The third kappa shape index (κ3) is 3.94. The Kier molecular flexibility index (Phi) is 4.77. The molecule has 1 aromatic rings. The number of ether oxygens (including phenoxy) is 1. The zero-order valence-corrected chi connectivity index (χ0v) is 11.7. The van der Waals surface area contributed by atoms with Crippen LogP contribution in [0.25, 0.3) is 0 Å². The van der Waals surface area contributed by atoms with Crippen LogP contribution in [-0.2, 0) is 11.3 Å². The van der Waals surface area contributed by atoms with Crippen molar-refractivity contribution in [3.8, 4) is 5.88 Å². The van der Waals surface area contributed by atoms with Crippen LogP contribution in [0.5, 0.6) is 5.88 Å². The molecule has 1 fully saturated rings. The lowest BCUT2D eigenvalue weighted by Crippen LogP contribution is -2.29. The second kappa shape index (κ2) is 6.55. The average Bonchev–Trinajstić information content (AvgIpc) is 2.90. The Morgan fingerprint density at radius 1 is 1.47 bits per heavy atom. The molecule has 4 heteroatoms. The molecule has 0 aromatic carbocycles. The van der Waals surface area contributed by atoms with Crippen molar-refractivity contribution in [2.75, 3.05) is 0 Å². The molecule has 4 nitrogen and oxygen atoms in total. The monoisotopic (exact) mass is 262 g/mol. The first-order valence-corrected chi connectivity index (χ1v) is 7.05. The van der Waals surface area contributed by atoms with Crippen LogP contribution < -0.4 is 10.1 Å². The van der Waals surface area contributed by atoms with Gasteiger partial charge < -0.3 is 10.1 Å². The van der Waals surface area contributed by atoms with E-state index in [1.165, 1.54) is 12.8 Å². The topological polar surface area (TPSA) is 51.2 Å². The van der Waals surface area contributed by atoms with Gasteiger partial charge >= 0.3 is 0 Å². The van der Waals surface area contributed by atoms with Crippen LogP contribution in [0.2, 0.25) is 0 Å². The minimum Gasteiger partial charge on any atom is -0.475 e. The van der Waals surface area contributed by atoms with E-state index in [9.17, 15) is 4.79 Å². The molecule has 0 atom stereocenters. The molecule has 0 saturated heterocycles. The summed E-state index contributed by atoms with van der Waals surface area (Å²) in [6.45, 7) is 4.43. The van der Waals surface area contributed by atoms with Gasteiger partial charge in [-0.25, -0.2) is 4.98 Å². The van der Waals surface area contributed by atoms with Crippen LogP contribution in [-0.4, -0.2) is 17.0 Å². The highest BCUT2D eigenvalue weighted by Gasteiger charge is 2.22. The van der Waals surface area contributed by atoms with Gasteiger partial charge in [0.05, 0.1) is 6.10 Å². The van der Waals surface area contributed by atoms with Crippen LogP contribution in [0.15, 0.2) is 18.3 Å². The minimum absolute atomic E-state index is 0.0826. The number of pyridine rings is 1. The molecule has 1 aliphatic rings. The van der Waals surface area contributed by atoms with Crippen molar-refractivity contribution in [2.24, 2.45) is 5.92 Å². The summed E-state index contributed by atoms with van der Waals surface area (Å²) in [6, 6.07) is 3.81. The number of carbonyl (C=O) groups is 1. The first-order valence-electron chi connectivity index (χ1n) is 7.05. The second-order valence-electron chi connectivity index (χ2n) is 5.33. The molecular formula is C15H22N2O2. The van der Waals surface area contributed by atoms with Gasteiger partial charge in [-0.3, -0.25) is 4.79 Å². The predicted molar refractivity (Wildman–Crippen MR) is 73.8 cm³/mol. The SMILES string of the molecule is CC(C)Oc1ncccc1CNC(=O)C1CCCC1. The van der Waals surface area contributed by atoms with Crippen LogP contribution in [0.1, 0.15) is 45.1 Å².